The fourth-order valence-corrected chi connectivity index (χ4v) is 1.34. The monoisotopic (exact) mass is 262 g/mol. The maximum Gasteiger partial charge on any atom is 0.488 e. The third kappa shape index (κ3) is 4.95. The number of amides is 2. The molecule has 0 saturated carbocycles. The number of hydrogen-bond donors (Lipinski definition) is 4. The molecule has 19 heavy (non-hydrogen) atoms. The molecule has 2 amide bonds. The molecule has 0 aliphatic rings. The first-order chi connectivity index (χ1) is 9.04. The van der Waals surface area contributed by atoms with Crippen molar-refractivity contribution in [3.05, 3.63) is 42.5 Å². The summed E-state index contributed by atoms with van der Waals surface area (Å²) in [6.07, 6.45) is 1.15. The standard InChI is InChI=1S/C12H15BN2O4/c1-2-11(16)14-7-8-15-12(17)9-3-5-10(6-4-9)13(18)19/h2-6,18-19H,1,7-8H2,(H,14,16)(H,15,17). The van der Waals surface area contributed by atoms with Crippen molar-refractivity contribution in [3.8, 4) is 0 Å². The van der Waals surface area contributed by atoms with E-state index in [0.29, 0.717) is 24.1 Å². The summed E-state index contributed by atoms with van der Waals surface area (Å²) in [5.74, 6) is -0.595. The molecule has 0 spiro atoms. The fraction of sp³-hybridized carbons (Fsp3) is 0.167. The smallest absolute Gasteiger partial charge is 0.423 e. The Morgan fingerprint density at radius 2 is 1.74 bits per heavy atom. The van der Waals surface area contributed by atoms with Gasteiger partial charge in [-0.15, -0.1) is 0 Å². The van der Waals surface area contributed by atoms with E-state index >= 15 is 0 Å². The van der Waals surface area contributed by atoms with E-state index in [4.69, 9.17) is 10.0 Å². The van der Waals surface area contributed by atoms with Gasteiger partial charge in [0.1, 0.15) is 0 Å². The summed E-state index contributed by atoms with van der Waals surface area (Å²) in [6, 6.07) is 5.90. The first kappa shape index (κ1) is 14.9. The van der Waals surface area contributed by atoms with Crippen LogP contribution in [0.3, 0.4) is 0 Å². The van der Waals surface area contributed by atoms with Crippen LogP contribution in [0.4, 0.5) is 0 Å². The predicted molar refractivity (Wildman–Crippen MR) is 71.8 cm³/mol. The number of rotatable bonds is 6. The van der Waals surface area contributed by atoms with Crippen molar-refractivity contribution in [1.29, 1.82) is 0 Å². The molecule has 0 radical (unpaired) electrons. The largest absolute Gasteiger partial charge is 0.488 e. The first-order valence-electron chi connectivity index (χ1n) is 5.69. The molecule has 1 aromatic carbocycles. The molecule has 0 bridgehead atoms. The lowest BCUT2D eigenvalue weighted by atomic mass is 9.80. The van der Waals surface area contributed by atoms with Gasteiger partial charge in [0.2, 0.25) is 5.91 Å². The second-order valence-corrected chi connectivity index (χ2v) is 3.75. The highest BCUT2D eigenvalue weighted by atomic mass is 16.4. The summed E-state index contributed by atoms with van der Waals surface area (Å²) in [5, 5.41) is 23.0. The molecule has 100 valence electrons. The zero-order chi connectivity index (χ0) is 14.3. The van der Waals surface area contributed by atoms with Crippen molar-refractivity contribution < 1.29 is 19.6 Å². The minimum atomic E-state index is -1.55. The lowest BCUT2D eigenvalue weighted by Gasteiger charge is -2.06. The second-order valence-electron chi connectivity index (χ2n) is 3.75. The van der Waals surface area contributed by atoms with Crippen molar-refractivity contribution in [1.82, 2.24) is 10.6 Å². The molecule has 0 atom stereocenters. The van der Waals surface area contributed by atoms with Crippen LogP contribution in [0.25, 0.3) is 0 Å². The van der Waals surface area contributed by atoms with Gasteiger partial charge >= 0.3 is 7.12 Å². The summed E-state index contributed by atoms with van der Waals surface area (Å²) in [5.41, 5.74) is 0.717. The molecule has 7 heteroatoms. The van der Waals surface area contributed by atoms with Crippen LogP contribution in [0.1, 0.15) is 10.4 Å². The Bertz CT molecular complexity index is 459. The van der Waals surface area contributed by atoms with Crippen molar-refractivity contribution >= 4 is 24.4 Å². The molecule has 0 aliphatic heterocycles. The van der Waals surface area contributed by atoms with E-state index in [1.54, 1.807) is 0 Å². The summed E-state index contributed by atoms with van der Waals surface area (Å²) in [7, 11) is -1.55. The van der Waals surface area contributed by atoms with Gasteiger partial charge in [0, 0.05) is 18.7 Å². The number of nitrogens with one attached hydrogen (secondary N) is 2. The Morgan fingerprint density at radius 3 is 2.26 bits per heavy atom. The molecule has 0 unspecified atom stereocenters. The van der Waals surface area contributed by atoms with Gasteiger partial charge < -0.3 is 20.7 Å². The topological polar surface area (TPSA) is 98.7 Å². The normalized spacial score (nSPS) is 9.58. The van der Waals surface area contributed by atoms with Crippen LogP contribution in [-0.2, 0) is 4.79 Å². The zero-order valence-electron chi connectivity index (χ0n) is 10.3. The zero-order valence-corrected chi connectivity index (χ0v) is 10.3. The Kier molecular flexibility index (Phi) is 5.78. The fourth-order valence-electron chi connectivity index (χ4n) is 1.34. The first-order valence-corrected chi connectivity index (χ1v) is 5.69. The van der Waals surface area contributed by atoms with Crippen LogP contribution < -0.4 is 16.1 Å². The molecule has 6 nitrogen and oxygen atoms in total. The van der Waals surface area contributed by atoms with Crippen molar-refractivity contribution in [3.63, 3.8) is 0 Å². The van der Waals surface area contributed by atoms with Gasteiger partial charge in [-0.1, -0.05) is 18.7 Å². The molecular weight excluding hydrogens is 247 g/mol. The van der Waals surface area contributed by atoms with Crippen molar-refractivity contribution in [2.24, 2.45) is 0 Å². The average molecular weight is 262 g/mol. The number of carbonyl (C=O) groups is 2. The highest BCUT2D eigenvalue weighted by Gasteiger charge is 2.11. The SMILES string of the molecule is C=CC(=O)NCCNC(=O)c1ccc(B(O)O)cc1. The van der Waals surface area contributed by atoms with Crippen LogP contribution in [0, 0.1) is 0 Å². The Hall–Kier alpha value is -2.12. The lowest BCUT2D eigenvalue weighted by molar-refractivity contribution is -0.116. The number of benzene rings is 1. The minimum Gasteiger partial charge on any atom is -0.423 e. The van der Waals surface area contributed by atoms with Gasteiger partial charge in [-0.05, 0) is 23.7 Å². The summed E-state index contributed by atoms with van der Waals surface area (Å²) in [4.78, 5) is 22.5. The van der Waals surface area contributed by atoms with Gasteiger partial charge in [0.25, 0.3) is 5.91 Å². The van der Waals surface area contributed by atoms with Gasteiger partial charge in [-0.2, -0.15) is 0 Å². The molecule has 4 N–H and O–H groups in total. The van der Waals surface area contributed by atoms with Crippen LogP contribution in [-0.4, -0.2) is 42.1 Å². The molecule has 0 aromatic heterocycles. The van der Waals surface area contributed by atoms with Gasteiger partial charge in [0.05, 0.1) is 0 Å². The molecule has 1 aromatic rings. The molecule has 0 aliphatic carbocycles. The maximum atomic E-state index is 11.7. The molecule has 0 fully saturated rings. The Balaban J connectivity index is 2.41. The van der Waals surface area contributed by atoms with Crippen LogP contribution in [0.5, 0.6) is 0 Å². The van der Waals surface area contributed by atoms with E-state index in [1.807, 2.05) is 0 Å². The van der Waals surface area contributed by atoms with E-state index in [0.717, 1.165) is 6.08 Å². The highest BCUT2D eigenvalue weighted by Crippen LogP contribution is 1.96. The van der Waals surface area contributed by atoms with E-state index in [1.165, 1.54) is 24.3 Å². The van der Waals surface area contributed by atoms with E-state index in [2.05, 4.69) is 17.2 Å². The van der Waals surface area contributed by atoms with Crippen molar-refractivity contribution in [2.75, 3.05) is 13.1 Å². The Morgan fingerprint density at radius 1 is 1.16 bits per heavy atom. The van der Waals surface area contributed by atoms with E-state index < -0.39 is 7.12 Å². The quantitative estimate of drug-likeness (QED) is 0.282. The van der Waals surface area contributed by atoms with Gasteiger partial charge in [-0.25, -0.2) is 0 Å². The average Bonchev–Trinajstić information content (AvgIpc) is 2.43. The summed E-state index contributed by atoms with van der Waals surface area (Å²) in [6.45, 7) is 3.91. The molecule has 1 rings (SSSR count). The van der Waals surface area contributed by atoms with E-state index in [9.17, 15) is 9.59 Å². The Labute approximate surface area is 111 Å². The maximum absolute atomic E-state index is 11.7. The van der Waals surface area contributed by atoms with Crippen molar-refractivity contribution in [2.45, 2.75) is 0 Å². The van der Waals surface area contributed by atoms with Crippen LogP contribution in [0.15, 0.2) is 36.9 Å². The van der Waals surface area contributed by atoms with Crippen LogP contribution in [0.2, 0.25) is 0 Å². The highest BCUT2D eigenvalue weighted by molar-refractivity contribution is 6.58. The second kappa shape index (κ2) is 7.35. The molecule has 0 saturated heterocycles. The lowest BCUT2D eigenvalue weighted by Crippen LogP contribution is -2.34. The predicted octanol–water partition coefficient (Wildman–Crippen LogP) is -1.60. The van der Waals surface area contributed by atoms with Gasteiger partial charge in [-0.3, -0.25) is 9.59 Å². The third-order valence-corrected chi connectivity index (χ3v) is 2.37. The minimum absolute atomic E-state index is 0.294. The van der Waals surface area contributed by atoms with Crippen LogP contribution >= 0.6 is 0 Å². The summed E-state index contributed by atoms with van der Waals surface area (Å²) >= 11 is 0. The van der Waals surface area contributed by atoms with Gasteiger partial charge in [0.15, 0.2) is 0 Å². The number of hydrogen-bond acceptors (Lipinski definition) is 4. The molecule has 0 heterocycles. The van der Waals surface area contributed by atoms with E-state index in [-0.39, 0.29) is 11.8 Å². The summed E-state index contributed by atoms with van der Waals surface area (Å²) < 4.78 is 0. The molecular formula is C12H15BN2O4. The number of carbonyl (C=O) groups excluding carboxylic acids is 2. The third-order valence-electron chi connectivity index (χ3n) is 2.37.